The Bertz CT molecular complexity index is 632. The molecule has 0 radical (unpaired) electrons. The van der Waals surface area contributed by atoms with Gasteiger partial charge >= 0.3 is 0 Å². The van der Waals surface area contributed by atoms with E-state index >= 15 is 0 Å². The Morgan fingerprint density at radius 2 is 2.12 bits per heavy atom. The Labute approximate surface area is 93.3 Å². The van der Waals surface area contributed by atoms with Gasteiger partial charge in [-0.15, -0.1) is 0 Å². The van der Waals surface area contributed by atoms with Gasteiger partial charge in [0.1, 0.15) is 11.6 Å². The fourth-order valence-corrected chi connectivity index (χ4v) is 1.82. The number of H-pyrrole nitrogens is 1. The second-order valence-corrected chi connectivity index (χ2v) is 4.09. The second-order valence-electron chi connectivity index (χ2n) is 4.09. The average Bonchev–Trinajstić information content (AvgIpc) is 2.27. The van der Waals surface area contributed by atoms with E-state index in [-0.39, 0.29) is 11.1 Å². The summed E-state index contributed by atoms with van der Waals surface area (Å²) in [6.07, 6.45) is 0. The number of fused-ring (bicyclic) bond motifs is 1. The molecular weight excluding hydrogens is 200 g/mol. The molecule has 80 valence electrons. The highest BCUT2D eigenvalue weighted by Gasteiger charge is 2.07. The highest BCUT2D eigenvalue weighted by Crippen LogP contribution is 2.22. The summed E-state index contributed by atoms with van der Waals surface area (Å²) in [5.41, 5.74) is 1.78. The number of hydrogen-bond acceptors (Lipinski definition) is 2. The van der Waals surface area contributed by atoms with Crippen LogP contribution >= 0.6 is 0 Å². The predicted molar refractivity (Wildman–Crippen MR) is 63.4 cm³/mol. The molecule has 0 aliphatic heterocycles. The fourth-order valence-electron chi connectivity index (χ4n) is 1.82. The fraction of sp³-hybridized carbons (Fsp3) is 0.231. The Balaban J connectivity index is 2.86. The monoisotopic (exact) mass is 212 g/mol. The lowest BCUT2D eigenvalue weighted by molar-refractivity contribution is 0.872. The van der Waals surface area contributed by atoms with E-state index in [9.17, 15) is 4.79 Å². The normalized spacial score (nSPS) is 10.6. The number of hydrogen-bond donors (Lipinski definition) is 1. The van der Waals surface area contributed by atoms with E-state index in [1.54, 1.807) is 6.07 Å². The van der Waals surface area contributed by atoms with Crippen LogP contribution in [0.5, 0.6) is 0 Å². The van der Waals surface area contributed by atoms with Crippen molar-refractivity contribution in [3.05, 3.63) is 45.7 Å². The van der Waals surface area contributed by atoms with Gasteiger partial charge in [0, 0.05) is 0 Å². The zero-order chi connectivity index (χ0) is 11.7. The van der Waals surface area contributed by atoms with E-state index in [0.29, 0.717) is 5.92 Å². The maximum absolute atomic E-state index is 11.6. The van der Waals surface area contributed by atoms with Gasteiger partial charge in [0.2, 0.25) is 0 Å². The van der Waals surface area contributed by atoms with Crippen LogP contribution in [0, 0.1) is 11.3 Å². The molecule has 1 N–H and O–H groups in total. The van der Waals surface area contributed by atoms with Crippen LogP contribution in [0.2, 0.25) is 0 Å². The Hall–Kier alpha value is -2.08. The van der Waals surface area contributed by atoms with E-state index in [1.165, 1.54) is 0 Å². The van der Waals surface area contributed by atoms with Crippen LogP contribution in [-0.4, -0.2) is 4.98 Å². The highest BCUT2D eigenvalue weighted by molar-refractivity contribution is 5.83. The molecule has 3 heteroatoms. The van der Waals surface area contributed by atoms with Crippen LogP contribution in [0.1, 0.15) is 30.9 Å². The van der Waals surface area contributed by atoms with Crippen LogP contribution in [0.15, 0.2) is 29.1 Å². The second kappa shape index (κ2) is 3.82. The van der Waals surface area contributed by atoms with E-state index in [0.717, 1.165) is 16.5 Å². The first-order chi connectivity index (χ1) is 7.63. The molecule has 0 aliphatic carbocycles. The van der Waals surface area contributed by atoms with Gasteiger partial charge in [-0.25, -0.2) is 0 Å². The minimum absolute atomic E-state index is 0.161. The molecule has 0 unspecified atom stereocenters. The minimum Gasteiger partial charge on any atom is -0.321 e. The molecule has 0 aliphatic rings. The summed E-state index contributed by atoms with van der Waals surface area (Å²) in [5.74, 6) is 0.340. The third kappa shape index (κ3) is 1.59. The lowest BCUT2D eigenvalue weighted by atomic mass is 9.99. The Morgan fingerprint density at radius 3 is 2.75 bits per heavy atom. The molecule has 1 aromatic carbocycles. The number of nitrogens with one attached hydrogen (secondary N) is 1. The van der Waals surface area contributed by atoms with Gasteiger partial charge < -0.3 is 4.98 Å². The summed E-state index contributed by atoms with van der Waals surface area (Å²) in [5, 5.41) is 9.69. The van der Waals surface area contributed by atoms with Crippen LogP contribution in [0.3, 0.4) is 0 Å². The first-order valence-corrected chi connectivity index (χ1v) is 5.19. The minimum atomic E-state index is -0.317. The van der Waals surface area contributed by atoms with Crippen molar-refractivity contribution in [2.24, 2.45) is 0 Å². The molecule has 0 fully saturated rings. The van der Waals surface area contributed by atoms with E-state index in [4.69, 9.17) is 5.26 Å². The van der Waals surface area contributed by atoms with Crippen LogP contribution in [0.25, 0.3) is 10.9 Å². The molecule has 2 rings (SSSR count). The quantitative estimate of drug-likeness (QED) is 0.789. The zero-order valence-electron chi connectivity index (χ0n) is 9.24. The van der Waals surface area contributed by atoms with Crippen LogP contribution in [0.4, 0.5) is 0 Å². The van der Waals surface area contributed by atoms with Crippen LogP contribution < -0.4 is 5.56 Å². The van der Waals surface area contributed by atoms with Crippen molar-refractivity contribution in [1.29, 1.82) is 5.26 Å². The van der Waals surface area contributed by atoms with Crippen molar-refractivity contribution in [3.8, 4) is 6.07 Å². The van der Waals surface area contributed by atoms with Gasteiger partial charge in [-0.3, -0.25) is 4.79 Å². The Morgan fingerprint density at radius 1 is 1.38 bits per heavy atom. The molecule has 16 heavy (non-hydrogen) atoms. The van der Waals surface area contributed by atoms with Gasteiger partial charge in [0.15, 0.2) is 0 Å². The van der Waals surface area contributed by atoms with Gasteiger partial charge in [-0.05, 0) is 22.9 Å². The van der Waals surface area contributed by atoms with Crippen molar-refractivity contribution >= 4 is 10.9 Å². The van der Waals surface area contributed by atoms with Gasteiger partial charge in [0.25, 0.3) is 5.56 Å². The summed E-state index contributed by atoms with van der Waals surface area (Å²) < 4.78 is 0. The van der Waals surface area contributed by atoms with Crippen molar-refractivity contribution in [3.63, 3.8) is 0 Å². The molecule has 0 amide bonds. The largest absolute Gasteiger partial charge is 0.321 e. The SMILES string of the molecule is CC(C)c1cccc2cc(C#N)c(=O)[nH]c12. The van der Waals surface area contributed by atoms with Gasteiger partial charge in [0.05, 0.1) is 5.52 Å². The number of rotatable bonds is 1. The standard InChI is InChI=1S/C13H12N2O/c1-8(2)11-5-3-4-9-6-10(7-14)13(16)15-12(9)11/h3-6,8H,1-2H3,(H,15,16). The predicted octanol–water partition coefficient (Wildman–Crippen LogP) is 2.52. The number of nitrogens with zero attached hydrogens (tertiary/aromatic N) is 1. The van der Waals surface area contributed by atoms with E-state index in [1.807, 2.05) is 24.3 Å². The molecule has 0 spiro atoms. The van der Waals surface area contributed by atoms with E-state index < -0.39 is 0 Å². The van der Waals surface area contributed by atoms with Crippen LogP contribution in [-0.2, 0) is 0 Å². The lowest BCUT2D eigenvalue weighted by Crippen LogP contribution is -2.10. The van der Waals surface area contributed by atoms with Crippen molar-refractivity contribution in [1.82, 2.24) is 4.98 Å². The number of aromatic nitrogens is 1. The maximum Gasteiger partial charge on any atom is 0.266 e. The average molecular weight is 212 g/mol. The molecular formula is C13H12N2O. The summed E-state index contributed by atoms with van der Waals surface area (Å²) >= 11 is 0. The molecule has 3 nitrogen and oxygen atoms in total. The first-order valence-electron chi connectivity index (χ1n) is 5.19. The number of para-hydroxylation sites is 1. The number of aromatic amines is 1. The number of pyridine rings is 1. The third-order valence-corrected chi connectivity index (χ3v) is 2.65. The Kier molecular flexibility index (Phi) is 2.49. The zero-order valence-corrected chi connectivity index (χ0v) is 9.24. The molecule has 2 aromatic rings. The first kappa shape index (κ1) is 10.4. The lowest BCUT2D eigenvalue weighted by Gasteiger charge is -2.09. The smallest absolute Gasteiger partial charge is 0.266 e. The highest BCUT2D eigenvalue weighted by atomic mass is 16.1. The summed E-state index contributed by atoms with van der Waals surface area (Å²) in [6.45, 7) is 4.15. The molecule has 0 saturated heterocycles. The topological polar surface area (TPSA) is 56.6 Å². The summed E-state index contributed by atoms with van der Waals surface area (Å²) in [6, 6.07) is 9.37. The van der Waals surface area contributed by atoms with E-state index in [2.05, 4.69) is 18.8 Å². The third-order valence-electron chi connectivity index (χ3n) is 2.65. The number of nitriles is 1. The summed E-state index contributed by atoms with van der Waals surface area (Å²) in [7, 11) is 0. The summed E-state index contributed by atoms with van der Waals surface area (Å²) in [4.78, 5) is 14.3. The number of benzene rings is 1. The molecule has 1 heterocycles. The maximum atomic E-state index is 11.6. The van der Waals surface area contributed by atoms with Crippen molar-refractivity contribution in [2.45, 2.75) is 19.8 Å². The molecule has 0 saturated carbocycles. The van der Waals surface area contributed by atoms with Gasteiger partial charge in [-0.1, -0.05) is 32.0 Å². The molecule has 0 atom stereocenters. The van der Waals surface area contributed by atoms with Gasteiger partial charge in [-0.2, -0.15) is 5.26 Å². The molecule has 1 aromatic heterocycles. The van der Waals surface area contributed by atoms with Crippen molar-refractivity contribution in [2.75, 3.05) is 0 Å². The van der Waals surface area contributed by atoms with Crippen molar-refractivity contribution < 1.29 is 0 Å². The molecule has 0 bridgehead atoms.